The van der Waals surface area contributed by atoms with Crippen LogP contribution in [0.3, 0.4) is 0 Å². The van der Waals surface area contributed by atoms with Gasteiger partial charge in [-0.15, -0.1) is 0 Å². The Morgan fingerprint density at radius 2 is 1.85 bits per heavy atom. The van der Waals surface area contributed by atoms with Crippen molar-refractivity contribution >= 4 is 33.4 Å². The number of para-hydroxylation sites is 1. The molecule has 7 heteroatoms. The van der Waals surface area contributed by atoms with Crippen molar-refractivity contribution in [2.75, 3.05) is 7.11 Å². The van der Waals surface area contributed by atoms with E-state index in [2.05, 4.69) is 4.98 Å². The van der Waals surface area contributed by atoms with E-state index in [1.54, 1.807) is 50.6 Å². The van der Waals surface area contributed by atoms with E-state index in [9.17, 15) is 9.59 Å². The van der Waals surface area contributed by atoms with Gasteiger partial charge in [0, 0.05) is 23.7 Å². The maximum absolute atomic E-state index is 13.0. The Kier molecular flexibility index (Phi) is 3.77. The molecule has 2 aromatic heterocycles. The minimum atomic E-state index is -0.458. The van der Waals surface area contributed by atoms with E-state index >= 15 is 0 Å². The van der Waals surface area contributed by atoms with Crippen molar-refractivity contribution in [3.63, 3.8) is 0 Å². The van der Waals surface area contributed by atoms with Crippen molar-refractivity contribution in [3.05, 3.63) is 74.5 Å². The van der Waals surface area contributed by atoms with E-state index in [1.807, 2.05) is 6.07 Å². The van der Waals surface area contributed by atoms with Gasteiger partial charge in [0.25, 0.3) is 5.56 Å². The molecule has 0 spiro atoms. The summed E-state index contributed by atoms with van der Waals surface area (Å²) in [5, 5.41) is 1.46. The molecule has 0 atom stereocenters. The first-order chi connectivity index (χ1) is 12.5. The summed E-state index contributed by atoms with van der Waals surface area (Å²) < 4.78 is 7.88. The molecule has 0 saturated carbocycles. The molecule has 0 bridgehead atoms. The predicted molar refractivity (Wildman–Crippen MR) is 102 cm³/mol. The average molecular weight is 368 g/mol. The van der Waals surface area contributed by atoms with Crippen LogP contribution >= 0.6 is 11.6 Å². The van der Waals surface area contributed by atoms with Gasteiger partial charge in [-0.2, -0.15) is 0 Å². The van der Waals surface area contributed by atoms with Crippen LogP contribution in [0.1, 0.15) is 0 Å². The Morgan fingerprint density at radius 3 is 2.58 bits per heavy atom. The van der Waals surface area contributed by atoms with E-state index in [0.29, 0.717) is 38.3 Å². The number of methoxy groups -OCH3 is 1. The zero-order chi connectivity index (χ0) is 18.4. The molecule has 6 nitrogen and oxygen atoms in total. The Balaban J connectivity index is 2.19. The number of benzene rings is 2. The first kappa shape index (κ1) is 16.4. The molecule has 130 valence electrons. The molecule has 0 fully saturated rings. The van der Waals surface area contributed by atoms with Gasteiger partial charge in [0.2, 0.25) is 0 Å². The summed E-state index contributed by atoms with van der Waals surface area (Å²) in [5.41, 5.74) is 0.623. The lowest BCUT2D eigenvalue weighted by Crippen LogP contribution is -2.38. The molecule has 0 radical (unpaired) electrons. The van der Waals surface area contributed by atoms with Crippen LogP contribution in [0.5, 0.6) is 5.75 Å². The van der Waals surface area contributed by atoms with Gasteiger partial charge in [-0.05, 0) is 24.3 Å². The number of hydrogen-bond donors (Lipinski definition) is 0. The van der Waals surface area contributed by atoms with Crippen molar-refractivity contribution in [1.29, 1.82) is 0 Å². The highest BCUT2D eigenvalue weighted by molar-refractivity contribution is 6.30. The van der Waals surface area contributed by atoms with Crippen molar-refractivity contribution in [1.82, 2.24) is 14.1 Å². The summed E-state index contributed by atoms with van der Waals surface area (Å²) in [5.74, 6) is 0.580. The molecule has 0 N–H and O–H groups in total. The van der Waals surface area contributed by atoms with Crippen LogP contribution in [-0.2, 0) is 7.05 Å². The Bertz CT molecular complexity index is 1290. The van der Waals surface area contributed by atoms with Crippen molar-refractivity contribution in [2.24, 2.45) is 7.05 Å². The molecule has 0 aliphatic heterocycles. The van der Waals surface area contributed by atoms with Crippen LogP contribution in [0.2, 0.25) is 5.02 Å². The monoisotopic (exact) mass is 367 g/mol. The van der Waals surface area contributed by atoms with Crippen molar-refractivity contribution < 1.29 is 4.74 Å². The molecular weight excluding hydrogens is 354 g/mol. The SMILES string of the molecule is COc1cccc2c1ncc1c(=O)n(-c3cccc(Cl)c3)c(=O)n(C)c12. The van der Waals surface area contributed by atoms with Gasteiger partial charge in [-0.3, -0.25) is 14.3 Å². The molecule has 2 heterocycles. The number of aryl methyl sites for hydroxylation is 1. The summed E-state index contributed by atoms with van der Waals surface area (Å²) >= 11 is 6.02. The molecule has 26 heavy (non-hydrogen) atoms. The number of hydrogen-bond acceptors (Lipinski definition) is 4. The lowest BCUT2D eigenvalue weighted by atomic mass is 10.1. The standard InChI is InChI=1S/C19H14ClN3O3/c1-22-17-13-7-4-8-15(26-2)16(13)21-10-14(17)18(24)23(19(22)25)12-6-3-5-11(20)9-12/h3-10H,1-2H3. The van der Waals surface area contributed by atoms with Gasteiger partial charge in [0.1, 0.15) is 11.3 Å². The third-order valence-corrected chi connectivity index (χ3v) is 4.60. The Labute approximate surface area is 152 Å². The molecule has 2 aromatic carbocycles. The number of halogens is 1. The quantitative estimate of drug-likeness (QED) is 0.511. The summed E-state index contributed by atoms with van der Waals surface area (Å²) in [6.45, 7) is 0. The van der Waals surface area contributed by atoms with Crippen LogP contribution in [-0.4, -0.2) is 21.2 Å². The zero-order valence-corrected chi connectivity index (χ0v) is 14.8. The second-order valence-corrected chi connectivity index (χ2v) is 6.28. The predicted octanol–water partition coefficient (Wildman–Crippen LogP) is 2.90. The first-order valence-corrected chi connectivity index (χ1v) is 8.24. The third kappa shape index (κ3) is 2.30. The number of nitrogens with zero attached hydrogens (tertiary/aromatic N) is 3. The van der Waals surface area contributed by atoms with Gasteiger partial charge in [-0.25, -0.2) is 9.36 Å². The van der Waals surface area contributed by atoms with E-state index in [0.717, 1.165) is 4.57 Å². The van der Waals surface area contributed by atoms with Crippen LogP contribution in [0.15, 0.2) is 58.3 Å². The lowest BCUT2D eigenvalue weighted by Gasteiger charge is -2.13. The lowest BCUT2D eigenvalue weighted by molar-refractivity contribution is 0.419. The third-order valence-electron chi connectivity index (χ3n) is 4.37. The summed E-state index contributed by atoms with van der Waals surface area (Å²) in [6.07, 6.45) is 1.48. The molecule has 0 aliphatic rings. The van der Waals surface area contributed by atoms with Gasteiger partial charge >= 0.3 is 5.69 Å². The minimum Gasteiger partial charge on any atom is -0.494 e. The van der Waals surface area contributed by atoms with Crippen molar-refractivity contribution in [3.8, 4) is 11.4 Å². The van der Waals surface area contributed by atoms with Gasteiger partial charge in [-0.1, -0.05) is 29.8 Å². The summed E-state index contributed by atoms with van der Waals surface area (Å²) in [6, 6.07) is 12.0. The Morgan fingerprint density at radius 1 is 1.08 bits per heavy atom. The molecular formula is C19H14ClN3O3. The number of fused-ring (bicyclic) bond motifs is 3. The van der Waals surface area contributed by atoms with Crippen molar-refractivity contribution in [2.45, 2.75) is 0 Å². The van der Waals surface area contributed by atoms with Gasteiger partial charge < -0.3 is 4.74 Å². The average Bonchev–Trinajstić information content (AvgIpc) is 2.65. The largest absolute Gasteiger partial charge is 0.494 e. The maximum atomic E-state index is 13.0. The van der Waals surface area contributed by atoms with E-state index in [-0.39, 0.29) is 0 Å². The molecule has 4 aromatic rings. The molecule has 0 aliphatic carbocycles. The first-order valence-electron chi connectivity index (χ1n) is 7.86. The van der Waals surface area contributed by atoms with Crippen LogP contribution in [0, 0.1) is 0 Å². The topological polar surface area (TPSA) is 66.1 Å². The summed E-state index contributed by atoms with van der Waals surface area (Å²) in [4.78, 5) is 30.4. The normalized spacial score (nSPS) is 11.2. The minimum absolute atomic E-state index is 0.341. The maximum Gasteiger partial charge on any atom is 0.335 e. The van der Waals surface area contributed by atoms with Gasteiger partial charge in [0.15, 0.2) is 0 Å². The van der Waals surface area contributed by atoms with Gasteiger partial charge in [0.05, 0.1) is 23.7 Å². The fraction of sp³-hybridized carbons (Fsp3) is 0.105. The summed E-state index contributed by atoms with van der Waals surface area (Å²) in [7, 11) is 3.18. The number of pyridine rings is 1. The van der Waals surface area contributed by atoms with Crippen LogP contribution in [0.4, 0.5) is 0 Å². The van der Waals surface area contributed by atoms with E-state index in [4.69, 9.17) is 16.3 Å². The Hall–Kier alpha value is -3.12. The highest BCUT2D eigenvalue weighted by Gasteiger charge is 2.16. The fourth-order valence-corrected chi connectivity index (χ4v) is 3.34. The number of ether oxygens (including phenoxy) is 1. The molecule has 4 rings (SSSR count). The second-order valence-electron chi connectivity index (χ2n) is 5.84. The fourth-order valence-electron chi connectivity index (χ4n) is 3.16. The van der Waals surface area contributed by atoms with Crippen LogP contribution in [0.25, 0.3) is 27.5 Å². The molecule has 0 saturated heterocycles. The van der Waals surface area contributed by atoms with Crippen LogP contribution < -0.4 is 16.0 Å². The zero-order valence-electron chi connectivity index (χ0n) is 14.1. The van der Waals surface area contributed by atoms with E-state index < -0.39 is 11.2 Å². The van der Waals surface area contributed by atoms with E-state index in [1.165, 1.54) is 10.8 Å². The highest BCUT2D eigenvalue weighted by Crippen LogP contribution is 2.27. The highest BCUT2D eigenvalue weighted by atomic mass is 35.5. The molecule has 0 amide bonds. The number of aromatic nitrogens is 3. The molecule has 0 unspecified atom stereocenters. The number of rotatable bonds is 2. The second kappa shape index (κ2) is 6.00. The smallest absolute Gasteiger partial charge is 0.335 e.